The van der Waals surface area contributed by atoms with Crippen LogP contribution in [-0.4, -0.2) is 46.6 Å². The normalized spacial score (nSPS) is 11.6. The first kappa shape index (κ1) is 15.2. The van der Waals surface area contributed by atoms with Gasteiger partial charge in [-0.1, -0.05) is 0 Å². The van der Waals surface area contributed by atoms with Crippen molar-refractivity contribution in [1.82, 2.24) is 15.5 Å². The largest absolute Gasteiger partial charge is 0.480 e. The number of carboxylic acids is 1. The molecule has 1 aromatic rings. The Morgan fingerprint density at radius 2 is 2.37 bits per heavy atom. The molecule has 2 N–H and O–H groups in total. The number of carbonyl (C=O) groups excluding carboxylic acids is 1. The van der Waals surface area contributed by atoms with E-state index in [2.05, 4.69) is 15.5 Å². The predicted molar refractivity (Wildman–Crippen MR) is 70.0 cm³/mol. The Bertz CT molecular complexity index is 413. The fourth-order valence-electron chi connectivity index (χ4n) is 1.27. The molecule has 1 unspecified atom stereocenters. The molecule has 0 bridgehead atoms. The Labute approximate surface area is 114 Å². The number of aromatic nitrogens is 2. The minimum Gasteiger partial charge on any atom is -0.480 e. The second-order valence-corrected chi connectivity index (χ2v) is 4.69. The summed E-state index contributed by atoms with van der Waals surface area (Å²) in [6.45, 7) is 0. The molecular formula is C11H15N3O4S. The highest BCUT2D eigenvalue weighted by molar-refractivity contribution is 7.98. The van der Waals surface area contributed by atoms with Gasteiger partial charge in [0.25, 0.3) is 0 Å². The lowest BCUT2D eigenvalue weighted by atomic mass is 10.2. The second-order valence-electron chi connectivity index (χ2n) is 3.58. The van der Waals surface area contributed by atoms with E-state index >= 15 is 0 Å². The average Bonchev–Trinajstić information content (AvgIpc) is 2.42. The summed E-state index contributed by atoms with van der Waals surface area (Å²) in [5, 5.41) is 18.9. The van der Waals surface area contributed by atoms with E-state index < -0.39 is 12.0 Å². The summed E-state index contributed by atoms with van der Waals surface area (Å²) in [5.41, 5.74) is 0.793. The molecule has 8 heteroatoms. The fraction of sp³-hybridized carbons (Fsp3) is 0.455. The lowest BCUT2D eigenvalue weighted by Gasteiger charge is -2.10. The van der Waals surface area contributed by atoms with Gasteiger partial charge in [0.05, 0.1) is 12.8 Å². The number of carboxylic acid groups (broad SMARTS) is 1. The summed E-state index contributed by atoms with van der Waals surface area (Å²) >= 11 is 1.53. The van der Waals surface area contributed by atoms with Crippen LogP contribution in [0.2, 0.25) is 0 Å². The van der Waals surface area contributed by atoms with Crippen LogP contribution in [0.15, 0.2) is 12.1 Å². The SMILES string of the molecule is COc1ccc(CSCCC(NC=O)C(=O)O)nn1. The zero-order valence-corrected chi connectivity index (χ0v) is 11.2. The Hall–Kier alpha value is -1.83. The smallest absolute Gasteiger partial charge is 0.326 e. The molecule has 0 aliphatic heterocycles. The predicted octanol–water partition coefficient (Wildman–Crippen LogP) is 0.308. The van der Waals surface area contributed by atoms with Crippen LogP contribution in [0.4, 0.5) is 0 Å². The highest BCUT2D eigenvalue weighted by atomic mass is 32.2. The fourth-order valence-corrected chi connectivity index (χ4v) is 2.18. The molecule has 0 spiro atoms. The van der Waals surface area contributed by atoms with Crippen LogP contribution in [0, 0.1) is 0 Å². The van der Waals surface area contributed by atoms with Crippen molar-refractivity contribution in [1.29, 1.82) is 0 Å². The maximum Gasteiger partial charge on any atom is 0.326 e. The Morgan fingerprint density at radius 3 is 2.89 bits per heavy atom. The van der Waals surface area contributed by atoms with Crippen molar-refractivity contribution < 1.29 is 19.4 Å². The number of ether oxygens (including phenoxy) is 1. The van der Waals surface area contributed by atoms with Crippen molar-refractivity contribution in [3.05, 3.63) is 17.8 Å². The van der Waals surface area contributed by atoms with Crippen LogP contribution in [0.3, 0.4) is 0 Å². The zero-order chi connectivity index (χ0) is 14.1. The number of aliphatic carboxylic acids is 1. The average molecular weight is 285 g/mol. The number of amides is 1. The Morgan fingerprint density at radius 1 is 1.58 bits per heavy atom. The maximum atomic E-state index is 10.8. The topological polar surface area (TPSA) is 101 Å². The van der Waals surface area contributed by atoms with Crippen molar-refractivity contribution in [2.45, 2.75) is 18.2 Å². The minimum absolute atomic E-state index is 0.363. The van der Waals surface area contributed by atoms with Crippen LogP contribution in [0.1, 0.15) is 12.1 Å². The third-order valence-electron chi connectivity index (χ3n) is 2.27. The minimum atomic E-state index is -1.03. The van der Waals surface area contributed by atoms with E-state index in [4.69, 9.17) is 9.84 Å². The zero-order valence-electron chi connectivity index (χ0n) is 10.4. The van der Waals surface area contributed by atoms with E-state index in [0.717, 1.165) is 5.69 Å². The molecule has 1 amide bonds. The van der Waals surface area contributed by atoms with Gasteiger partial charge in [-0.2, -0.15) is 16.9 Å². The highest BCUT2D eigenvalue weighted by Gasteiger charge is 2.15. The monoisotopic (exact) mass is 285 g/mol. The van der Waals surface area contributed by atoms with Crippen LogP contribution < -0.4 is 10.1 Å². The molecule has 0 aliphatic carbocycles. The van der Waals surface area contributed by atoms with Gasteiger partial charge in [0, 0.05) is 11.8 Å². The lowest BCUT2D eigenvalue weighted by Crippen LogP contribution is -2.36. The van der Waals surface area contributed by atoms with Crippen LogP contribution in [-0.2, 0) is 15.3 Å². The Balaban J connectivity index is 2.29. The molecular weight excluding hydrogens is 270 g/mol. The molecule has 0 saturated heterocycles. The number of nitrogens with one attached hydrogen (secondary N) is 1. The van der Waals surface area contributed by atoms with Crippen molar-refractivity contribution >= 4 is 24.1 Å². The molecule has 1 rings (SSSR count). The molecule has 0 aromatic carbocycles. The summed E-state index contributed by atoms with van der Waals surface area (Å²) in [6.07, 6.45) is 0.765. The van der Waals surface area contributed by atoms with Gasteiger partial charge in [0.15, 0.2) is 0 Å². The quantitative estimate of drug-likeness (QED) is 0.497. The molecule has 1 heterocycles. The first-order chi connectivity index (χ1) is 9.17. The molecule has 0 radical (unpaired) electrons. The van der Waals surface area contributed by atoms with Gasteiger partial charge in [-0.25, -0.2) is 4.79 Å². The van der Waals surface area contributed by atoms with E-state index in [9.17, 15) is 9.59 Å². The summed E-state index contributed by atoms with van der Waals surface area (Å²) in [5.74, 6) is 0.655. The summed E-state index contributed by atoms with van der Waals surface area (Å²) in [7, 11) is 1.52. The van der Waals surface area contributed by atoms with Crippen LogP contribution in [0.5, 0.6) is 5.88 Å². The molecule has 0 saturated carbocycles. The van der Waals surface area contributed by atoms with Crippen LogP contribution >= 0.6 is 11.8 Å². The third kappa shape index (κ3) is 5.56. The van der Waals surface area contributed by atoms with E-state index in [1.54, 1.807) is 12.1 Å². The van der Waals surface area contributed by atoms with Gasteiger partial charge in [-0.15, -0.1) is 5.10 Å². The molecule has 1 atom stereocenters. The van der Waals surface area contributed by atoms with E-state index in [-0.39, 0.29) is 0 Å². The van der Waals surface area contributed by atoms with Gasteiger partial charge < -0.3 is 15.2 Å². The molecule has 19 heavy (non-hydrogen) atoms. The molecule has 104 valence electrons. The third-order valence-corrected chi connectivity index (χ3v) is 3.30. The van der Waals surface area contributed by atoms with Crippen molar-refractivity contribution in [2.75, 3.05) is 12.9 Å². The van der Waals surface area contributed by atoms with Crippen molar-refractivity contribution in [2.24, 2.45) is 0 Å². The van der Waals surface area contributed by atoms with E-state index in [1.807, 2.05) is 0 Å². The number of methoxy groups -OCH3 is 1. The Kier molecular flexibility index (Phi) is 6.65. The van der Waals surface area contributed by atoms with E-state index in [1.165, 1.54) is 18.9 Å². The van der Waals surface area contributed by atoms with Gasteiger partial charge in [0.1, 0.15) is 6.04 Å². The lowest BCUT2D eigenvalue weighted by molar-refractivity contribution is -0.140. The summed E-state index contributed by atoms with van der Waals surface area (Å²) < 4.78 is 4.89. The van der Waals surface area contributed by atoms with Gasteiger partial charge in [-0.05, 0) is 18.2 Å². The molecule has 7 nitrogen and oxygen atoms in total. The highest BCUT2D eigenvalue weighted by Crippen LogP contribution is 2.13. The summed E-state index contributed by atoms with van der Waals surface area (Å²) in [4.78, 5) is 21.0. The molecule has 0 fully saturated rings. The molecule has 0 aliphatic rings. The first-order valence-corrected chi connectivity index (χ1v) is 6.69. The van der Waals surface area contributed by atoms with Gasteiger partial charge >= 0.3 is 5.97 Å². The number of nitrogens with zero attached hydrogens (tertiary/aromatic N) is 2. The van der Waals surface area contributed by atoms with E-state index in [0.29, 0.717) is 30.2 Å². The number of hydrogen-bond acceptors (Lipinski definition) is 6. The maximum absolute atomic E-state index is 10.8. The first-order valence-electron chi connectivity index (χ1n) is 5.54. The standard InChI is InChI=1S/C11H15N3O4S/c1-18-10-3-2-8(13-14-10)6-19-5-4-9(11(16)17)12-7-15/h2-3,7,9H,4-6H2,1H3,(H,12,15)(H,16,17). The number of carbonyl (C=O) groups is 2. The van der Waals surface area contributed by atoms with Crippen LogP contribution in [0.25, 0.3) is 0 Å². The van der Waals surface area contributed by atoms with Gasteiger partial charge in [-0.3, -0.25) is 4.79 Å². The number of rotatable bonds is 9. The van der Waals surface area contributed by atoms with Crippen molar-refractivity contribution in [3.8, 4) is 5.88 Å². The van der Waals surface area contributed by atoms with Crippen molar-refractivity contribution in [3.63, 3.8) is 0 Å². The second kappa shape index (κ2) is 8.30. The number of thioether (sulfide) groups is 1. The number of hydrogen-bond donors (Lipinski definition) is 2. The summed E-state index contributed by atoms with van der Waals surface area (Å²) in [6, 6.07) is 2.68. The molecule has 1 aromatic heterocycles. The van der Waals surface area contributed by atoms with Gasteiger partial charge in [0.2, 0.25) is 12.3 Å².